The number of hydrogen-bond donors (Lipinski definition) is 3. The van der Waals surface area contributed by atoms with E-state index in [1.54, 1.807) is 36.4 Å². The lowest BCUT2D eigenvalue weighted by atomic mass is 10.2. The highest BCUT2D eigenvalue weighted by Crippen LogP contribution is 2.14. The first-order chi connectivity index (χ1) is 14.1. The molecular formula is C20H23N3O6S. The average Bonchev–Trinajstić information content (AvgIpc) is 2.68. The minimum absolute atomic E-state index is 0.0226. The van der Waals surface area contributed by atoms with Crippen molar-refractivity contribution in [3.05, 3.63) is 54.1 Å². The van der Waals surface area contributed by atoms with Gasteiger partial charge in [0.05, 0.1) is 4.90 Å². The molecule has 1 atom stereocenters. The van der Waals surface area contributed by atoms with Crippen LogP contribution in [0.5, 0.6) is 0 Å². The van der Waals surface area contributed by atoms with Crippen LogP contribution in [0.1, 0.15) is 19.4 Å². The molecule has 0 saturated carbocycles. The Kier molecular flexibility index (Phi) is 7.67. The van der Waals surface area contributed by atoms with Crippen molar-refractivity contribution in [1.29, 1.82) is 0 Å². The molecule has 0 aliphatic carbocycles. The van der Waals surface area contributed by atoms with E-state index in [9.17, 15) is 22.8 Å². The van der Waals surface area contributed by atoms with Crippen LogP contribution in [0, 0.1) is 6.92 Å². The monoisotopic (exact) mass is 433 g/mol. The molecule has 0 bridgehead atoms. The zero-order chi connectivity index (χ0) is 22.3. The molecule has 2 aromatic rings. The molecule has 0 radical (unpaired) electrons. The number of carbonyl (C=O) groups excluding carboxylic acids is 3. The van der Waals surface area contributed by atoms with Gasteiger partial charge in [0.25, 0.3) is 5.91 Å². The van der Waals surface area contributed by atoms with E-state index >= 15 is 0 Å². The summed E-state index contributed by atoms with van der Waals surface area (Å²) in [6.45, 7) is 3.96. The van der Waals surface area contributed by atoms with Crippen molar-refractivity contribution >= 4 is 39.2 Å². The summed E-state index contributed by atoms with van der Waals surface area (Å²) in [6, 6.07) is 12.5. The standard InChI is InChI=1S/C20H23N3O6S/c1-13-4-10-18(11-5-13)30(27,28)21-12-19(25)29-14(2)20(26)23-17-8-6-16(7-9-17)22-15(3)24/h4-11,14,21H,12H2,1-3H3,(H,22,24)(H,23,26)/t14-/m0/s1. The molecule has 2 amide bonds. The Morgan fingerprint density at radius 1 is 0.933 bits per heavy atom. The van der Waals surface area contributed by atoms with Crippen LogP contribution >= 0.6 is 0 Å². The SMILES string of the molecule is CC(=O)Nc1ccc(NC(=O)[C@H](C)OC(=O)CNS(=O)(=O)c2ccc(C)cc2)cc1. The number of carbonyl (C=O) groups is 3. The molecule has 10 heteroatoms. The van der Waals surface area contributed by atoms with Crippen LogP contribution in [0.4, 0.5) is 11.4 Å². The van der Waals surface area contributed by atoms with Crippen molar-refractivity contribution < 1.29 is 27.5 Å². The molecule has 0 unspecified atom stereocenters. The summed E-state index contributed by atoms with van der Waals surface area (Å²) in [4.78, 5) is 35.1. The van der Waals surface area contributed by atoms with Gasteiger partial charge in [0.15, 0.2) is 6.10 Å². The van der Waals surface area contributed by atoms with E-state index in [1.807, 2.05) is 6.92 Å². The van der Waals surface area contributed by atoms with Crippen molar-refractivity contribution in [2.75, 3.05) is 17.2 Å². The quantitative estimate of drug-likeness (QED) is 0.544. The molecule has 2 aromatic carbocycles. The second kappa shape index (κ2) is 9.99. The van der Waals surface area contributed by atoms with Gasteiger partial charge in [-0.3, -0.25) is 14.4 Å². The Balaban J connectivity index is 1.85. The summed E-state index contributed by atoms with van der Waals surface area (Å²) in [5.41, 5.74) is 1.91. The Morgan fingerprint density at radius 3 is 2.00 bits per heavy atom. The lowest BCUT2D eigenvalue weighted by Gasteiger charge is -2.14. The largest absolute Gasteiger partial charge is 0.452 e. The van der Waals surface area contributed by atoms with E-state index in [2.05, 4.69) is 15.4 Å². The number of anilines is 2. The number of amides is 2. The number of ether oxygens (including phenoxy) is 1. The molecule has 0 saturated heterocycles. The smallest absolute Gasteiger partial charge is 0.321 e. The van der Waals surface area contributed by atoms with E-state index in [0.717, 1.165) is 5.56 Å². The van der Waals surface area contributed by atoms with Crippen LogP contribution in [0.25, 0.3) is 0 Å². The average molecular weight is 433 g/mol. The van der Waals surface area contributed by atoms with Gasteiger partial charge in [0, 0.05) is 18.3 Å². The Labute approximate surface area is 174 Å². The van der Waals surface area contributed by atoms with Gasteiger partial charge < -0.3 is 15.4 Å². The molecule has 0 aromatic heterocycles. The lowest BCUT2D eigenvalue weighted by Crippen LogP contribution is -2.35. The molecule has 0 aliphatic rings. The number of aryl methyl sites for hydroxylation is 1. The van der Waals surface area contributed by atoms with Gasteiger partial charge in [-0.05, 0) is 50.2 Å². The second-order valence-corrected chi connectivity index (χ2v) is 8.28. The number of sulfonamides is 1. The van der Waals surface area contributed by atoms with E-state index in [0.29, 0.717) is 11.4 Å². The predicted octanol–water partition coefficient (Wildman–Crippen LogP) is 1.80. The van der Waals surface area contributed by atoms with Crippen LogP contribution < -0.4 is 15.4 Å². The molecule has 0 fully saturated rings. The molecule has 9 nitrogen and oxygen atoms in total. The number of rotatable bonds is 8. The predicted molar refractivity (Wildman–Crippen MR) is 111 cm³/mol. The van der Waals surface area contributed by atoms with Gasteiger partial charge in [0.1, 0.15) is 6.54 Å². The number of benzene rings is 2. The third kappa shape index (κ3) is 6.98. The van der Waals surface area contributed by atoms with Crippen molar-refractivity contribution in [3.63, 3.8) is 0 Å². The maximum atomic E-state index is 12.2. The van der Waals surface area contributed by atoms with Gasteiger partial charge in [-0.1, -0.05) is 17.7 Å². The maximum absolute atomic E-state index is 12.2. The molecule has 0 spiro atoms. The summed E-state index contributed by atoms with van der Waals surface area (Å²) in [6.07, 6.45) is -1.14. The van der Waals surface area contributed by atoms with Crippen LogP contribution in [0.3, 0.4) is 0 Å². The zero-order valence-electron chi connectivity index (χ0n) is 16.8. The summed E-state index contributed by atoms with van der Waals surface area (Å²) in [5, 5.41) is 5.16. The summed E-state index contributed by atoms with van der Waals surface area (Å²) < 4.78 is 31.5. The van der Waals surface area contributed by atoms with Crippen LogP contribution in [0.2, 0.25) is 0 Å². The van der Waals surface area contributed by atoms with Crippen LogP contribution in [0.15, 0.2) is 53.4 Å². The molecule has 160 valence electrons. The van der Waals surface area contributed by atoms with Gasteiger partial charge in [-0.15, -0.1) is 0 Å². The van der Waals surface area contributed by atoms with E-state index in [4.69, 9.17) is 4.74 Å². The van der Waals surface area contributed by atoms with Crippen molar-refractivity contribution in [1.82, 2.24) is 4.72 Å². The number of hydrogen-bond acceptors (Lipinski definition) is 6. The molecule has 0 heterocycles. The topological polar surface area (TPSA) is 131 Å². The van der Waals surface area contributed by atoms with Crippen LogP contribution in [-0.2, 0) is 29.1 Å². The van der Waals surface area contributed by atoms with E-state index in [1.165, 1.54) is 26.0 Å². The van der Waals surface area contributed by atoms with Crippen LogP contribution in [-0.4, -0.2) is 38.9 Å². The maximum Gasteiger partial charge on any atom is 0.321 e. The van der Waals surface area contributed by atoms with Crippen molar-refractivity contribution in [2.24, 2.45) is 0 Å². The molecule has 2 rings (SSSR count). The Hall–Kier alpha value is -3.24. The Morgan fingerprint density at radius 2 is 1.47 bits per heavy atom. The third-order valence-corrected chi connectivity index (χ3v) is 5.31. The fourth-order valence-corrected chi connectivity index (χ4v) is 3.30. The first kappa shape index (κ1) is 23.0. The third-order valence-electron chi connectivity index (χ3n) is 3.89. The number of esters is 1. The van der Waals surface area contributed by atoms with Crippen molar-refractivity contribution in [2.45, 2.75) is 31.8 Å². The summed E-state index contributed by atoms with van der Waals surface area (Å²) >= 11 is 0. The van der Waals surface area contributed by atoms with Gasteiger partial charge in [-0.2, -0.15) is 4.72 Å². The minimum atomic E-state index is -3.87. The highest BCUT2D eigenvalue weighted by molar-refractivity contribution is 7.89. The molecule has 3 N–H and O–H groups in total. The number of nitrogens with one attached hydrogen (secondary N) is 3. The fraction of sp³-hybridized carbons (Fsp3) is 0.250. The van der Waals surface area contributed by atoms with Crippen molar-refractivity contribution in [3.8, 4) is 0 Å². The zero-order valence-corrected chi connectivity index (χ0v) is 17.6. The highest BCUT2D eigenvalue weighted by atomic mass is 32.2. The first-order valence-corrected chi connectivity index (χ1v) is 10.5. The lowest BCUT2D eigenvalue weighted by molar-refractivity contribution is -0.151. The van der Waals surface area contributed by atoms with Gasteiger partial charge in [-0.25, -0.2) is 8.42 Å². The van der Waals surface area contributed by atoms with Gasteiger partial charge >= 0.3 is 5.97 Å². The van der Waals surface area contributed by atoms with Gasteiger partial charge in [0.2, 0.25) is 15.9 Å². The second-order valence-electron chi connectivity index (χ2n) is 6.52. The Bertz CT molecular complexity index is 1020. The highest BCUT2D eigenvalue weighted by Gasteiger charge is 2.20. The normalized spacial score (nSPS) is 12.0. The van der Waals surface area contributed by atoms with E-state index < -0.39 is 34.5 Å². The van der Waals surface area contributed by atoms with E-state index in [-0.39, 0.29) is 10.8 Å². The summed E-state index contributed by atoms with van der Waals surface area (Å²) in [7, 11) is -3.87. The molecule has 0 aliphatic heterocycles. The molecule has 30 heavy (non-hydrogen) atoms. The summed E-state index contributed by atoms with van der Waals surface area (Å²) in [5.74, 6) is -1.70. The molecular weight excluding hydrogens is 410 g/mol. The fourth-order valence-electron chi connectivity index (χ4n) is 2.33. The minimum Gasteiger partial charge on any atom is -0.452 e. The first-order valence-electron chi connectivity index (χ1n) is 9.01.